The van der Waals surface area contributed by atoms with Gasteiger partial charge in [0.15, 0.2) is 0 Å². The molecule has 1 aromatic heterocycles. The van der Waals surface area contributed by atoms with Crippen LogP contribution in [0.1, 0.15) is 24.5 Å². The number of rotatable bonds is 2. The Morgan fingerprint density at radius 1 is 1.73 bits per heavy atom. The maximum absolute atomic E-state index is 5.42. The van der Waals surface area contributed by atoms with E-state index in [0.29, 0.717) is 6.54 Å². The maximum Gasteiger partial charge on any atom is 0.107 e. The molecule has 0 aliphatic carbocycles. The van der Waals surface area contributed by atoms with Gasteiger partial charge < -0.3 is 5.73 Å². The van der Waals surface area contributed by atoms with Crippen molar-refractivity contribution in [2.75, 3.05) is 0 Å². The molecule has 0 saturated carbocycles. The first-order valence-corrected chi connectivity index (χ1v) is 4.39. The van der Waals surface area contributed by atoms with E-state index >= 15 is 0 Å². The van der Waals surface area contributed by atoms with Crippen LogP contribution in [0.5, 0.6) is 0 Å². The number of thiazole rings is 1. The Labute approximate surface area is 70.8 Å². The topological polar surface area (TPSA) is 38.9 Å². The highest BCUT2D eigenvalue weighted by Crippen LogP contribution is 2.11. The van der Waals surface area contributed by atoms with Crippen LogP contribution in [0.2, 0.25) is 0 Å². The Balaban J connectivity index is 2.81. The molecular formula is C8H12N2S. The van der Waals surface area contributed by atoms with Gasteiger partial charge in [-0.25, -0.2) is 4.98 Å². The van der Waals surface area contributed by atoms with Gasteiger partial charge in [0, 0.05) is 11.9 Å². The first-order valence-electron chi connectivity index (χ1n) is 3.51. The molecule has 0 unspecified atom stereocenters. The van der Waals surface area contributed by atoms with Crippen molar-refractivity contribution in [1.29, 1.82) is 0 Å². The molecular weight excluding hydrogens is 156 g/mol. The molecule has 0 spiro atoms. The van der Waals surface area contributed by atoms with Gasteiger partial charge in [0.2, 0.25) is 0 Å². The molecule has 60 valence electrons. The van der Waals surface area contributed by atoms with Gasteiger partial charge in [-0.2, -0.15) is 0 Å². The van der Waals surface area contributed by atoms with Crippen molar-refractivity contribution in [1.82, 2.24) is 4.98 Å². The van der Waals surface area contributed by atoms with Gasteiger partial charge in [-0.15, -0.1) is 11.3 Å². The fourth-order valence-corrected chi connectivity index (χ4v) is 1.41. The van der Waals surface area contributed by atoms with Crippen LogP contribution in [0.4, 0.5) is 0 Å². The first kappa shape index (κ1) is 8.43. The second-order valence-corrected chi connectivity index (χ2v) is 3.53. The zero-order valence-corrected chi connectivity index (χ0v) is 7.61. The van der Waals surface area contributed by atoms with Crippen molar-refractivity contribution in [3.63, 3.8) is 0 Å². The second-order valence-electron chi connectivity index (χ2n) is 2.59. The zero-order valence-electron chi connectivity index (χ0n) is 6.79. The Kier molecular flexibility index (Phi) is 2.79. The lowest BCUT2D eigenvalue weighted by Gasteiger charge is -1.86. The summed E-state index contributed by atoms with van der Waals surface area (Å²) in [7, 11) is 0. The molecule has 0 bridgehead atoms. The molecule has 2 N–H and O–H groups in total. The third kappa shape index (κ3) is 2.44. The number of nitrogens with two attached hydrogens (primary N) is 1. The Hall–Kier alpha value is -0.670. The maximum atomic E-state index is 5.42. The minimum absolute atomic E-state index is 0.543. The van der Waals surface area contributed by atoms with Crippen LogP contribution in [0.25, 0.3) is 6.08 Å². The monoisotopic (exact) mass is 168 g/mol. The standard InChI is InChI=1S/C8H12N2S/c1-6(2)3-7-5-11-8(4-9)10-7/h3,5H,4,9H2,1-2H3. The van der Waals surface area contributed by atoms with Gasteiger partial charge in [-0.05, 0) is 19.9 Å². The third-order valence-corrected chi connectivity index (χ3v) is 2.07. The quantitative estimate of drug-likeness (QED) is 0.733. The van der Waals surface area contributed by atoms with E-state index in [1.807, 2.05) is 5.38 Å². The lowest BCUT2D eigenvalue weighted by molar-refractivity contribution is 1.03. The van der Waals surface area contributed by atoms with Crippen LogP contribution < -0.4 is 5.73 Å². The van der Waals surface area contributed by atoms with Crippen molar-refractivity contribution in [2.45, 2.75) is 20.4 Å². The molecule has 1 rings (SSSR count). The highest BCUT2D eigenvalue weighted by atomic mass is 32.1. The Morgan fingerprint density at radius 3 is 2.91 bits per heavy atom. The molecule has 11 heavy (non-hydrogen) atoms. The Bertz CT molecular complexity index is 259. The number of allylic oxidation sites excluding steroid dienone is 1. The summed E-state index contributed by atoms with van der Waals surface area (Å²) in [5.74, 6) is 0. The van der Waals surface area contributed by atoms with E-state index < -0.39 is 0 Å². The molecule has 0 aromatic carbocycles. The van der Waals surface area contributed by atoms with Crippen molar-refractivity contribution in [3.8, 4) is 0 Å². The van der Waals surface area contributed by atoms with Gasteiger partial charge in [-0.1, -0.05) is 5.57 Å². The molecule has 0 fully saturated rings. The van der Waals surface area contributed by atoms with Crippen LogP contribution in [0.15, 0.2) is 11.0 Å². The largest absolute Gasteiger partial charge is 0.325 e. The van der Waals surface area contributed by atoms with Crippen molar-refractivity contribution in [2.24, 2.45) is 5.73 Å². The lowest BCUT2D eigenvalue weighted by Crippen LogP contribution is -1.94. The molecule has 1 aromatic rings. The highest BCUT2D eigenvalue weighted by molar-refractivity contribution is 7.09. The minimum Gasteiger partial charge on any atom is -0.325 e. The summed E-state index contributed by atoms with van der Waals surface area (Å²) in [4.78, 5) is 4.29. The summed E-state index contributed by atoms with van der Waals surface area (Å²) in [6.07, 6.45) is 2.05. The number of hydrogen-bond acceptors (Lipinski definition) is 3. The lowest BCUT2D eigenvalue weighted by atomic mass is 10.3. The van der Waals surface area contributed by atoms with Crippen LogP contribution in [-0.2, 0) is 6.54 Å². The van der Waals surface area contributed by atoms with Crippen molar-refractivity contribution >= 4 is 17.4 Å². The molecule has 0 atom stereocenters. The van der Waals surface area contributed by atoms with Crippen LogP contribution in [0, 0.1) is 0 Å². The van der Waals surface area contributed by atoms with E-state index in [4.69, 9.17) is 5.73 Å². The second kappa shape index (κ2) is 3.64. The molecule has 2 nitrogen and oxygen atoms in total. The van der Waals surface area contributed by atoms with Crippen LogP contribution >= 0.6 is 11.3 Å². The van der Waals surface area contributed by atoms with Gasteiger partial charge in [-0.3, -0.25) is 0 Å². The van der Waals surface area contributed by atoms with E-state index in [1.165, 1.54) is 5.57 Å². The summed E-state index contributed by atoms with van der Waals surface area (Å²) in [6, 6.07) is 0. The summed E-state index contributed by atoms with van der Waals surface area (Å²) in [5.41, 5.74) is 7.71. The molecule has 3 heteroatoms. The van der Waals surface area contributed by atoms with Crippen LogP contribution in [-0.4, -0.2) is 4.98 Å². The zero-order chi connectivity index (χ0) is 8.27. The fraction of sp³-hybridized carbons (Fsp3) is 0.375. The van der Waals surface area contributed by atoms with Crippen molar-refractivity contribution in [3.05, 3.63) is 21.7 Å². The predicted octanol–water partition coefficient (Wildman–Crippen LogP) is 2.03. The third-order valence-electron chi connectivity index (χ3n) is 1.18. The SMILES string of the molecule is CC(C)=Cc1csc(CN)n1. The summed E-state index contributed by atoms with van der Waals surface area (Å²) in [5, 5.41) is 3.02. The fourth-order valence-electron chi connectivity index (χ4n) is 0.781. The molecule has 0 aliphatic rings. The van der Waals surface area contributed by atoms with E-state index in [9.17, 15) is 0 Å². The molecule has 1 heterocycles. The Morgan fingerprint density at radius 2 is 2.45 bits per heavy atom. The van der Waals surface area contributed by atoms with Gasteiger partial charge in [0.25, 0.3) is 0 Å². The average Bonchev–Trinajstić information content (AvgIpc) is 2.34. The number of nitrogens with zero attached hydrogens (tertiary/aromatic N) is 1. The van der Waals surface area contributed by atoms with E-state index in [-0.39, 0.29) is 0 Å². The normalized spacial score (nSPS) is 9.73. The molecule has 0 aliphatic heterocycles. The number of aromatic nitrogens is 1. The summed E-state index contributed by atoms with van der Waals surface area (Å²) < 4.78 is 0. The van der Waals surface area contributed by atoms with Gasteiger partial charge in [0.05, 0.1) is 5.69 Å². The molecule has 0 radical (unpaired) electrons. The first-order chi connectivity index (χ1) is 5.22. The van der Waals surface area contributed by atoms with E-state index in [2.05, 4.69) is 24.9 Å². The molecule has 0 amide bonds. The molecule has 0 saturated heterocycles. The van der Waals surface area contributed by atoms with E-state index in [1.54, 1.807) is 11.3 Å². The summed E-state index contributed by atoms with van der Waals surface area (Å²) >= 11 is 1.61. The highest BCUT2D eigenvalue weighted by Gasteiger charge is 1.95. The number of hydrogen-bond donors (Lipinski definition) is 1. The van der Waals surface area contributed by atoms with Gasteiger partial charge in [0.1, 0.15) is 5.01 Å². The van der Waals surface area contributed by atoms with Gasteiger partial charge >= 0.3 is 0 Å². The van der Waals surface area contributed by atoms with Crippen molar-refractivity contribution < 1.29 is 0 Å². The smallest absolute Gasteiger partial charge is 0.107 e. The minimum atomic E-state index is 0.543. The van der Waals surface area contributed by atoms with Crippen LogP contribution in [0.3, 0.4) is 0 Å². The predicted molar refractivity (Wildman–Crippen MR) is 49.3 cm³/mol. The van der Waals surface area contributed by atoms with E-state index in [0.717, 1.165) is 10.7 Å². The summed E-state index contributed by atoms with van der Waals surface area (Å²) in [6.45, 7) is 4.66. The average molecular weight is 168 g/mol.